The Bertz CT molecular complexity index is 1250. The fourth-order valence-corrected chi connectivity index (χ4v) is 4.14. The Kier molecular flexibility index (Phi) is 6.98. The van der Waals surface area contributed by atoms with Crippen LogP contribution in [0.3, 0.4) is 0 Å². The maximum atomic E-state index is 5.72. The highest BCUT2D eigenvalue weighted by Crippen LogP contribution is 2.38. The lowest BCUT2D eigenvalue weighted by molar-refractivity contribution is 0.391. The van der Waals surface area contributed by atoms with Gasteiger partial charge in [-0.2, -0.15) is 0 Å². The van der Waals surface area contributed by atoms with Crippen molar-refractivity contribution in [1.82, 2.24) is 24.5 Å². The van der Waals surface area contributed by atoms with Crippen LogP contribution in [0, 0.1) is 0 Å². The van der Waals surface area contributed by atoms with Gasteiger partial charge in [-0.1, -0.05) is 44.3 Å². The average molecular weight is 465 g/mol. The summed E-state index contributed by atoms with van der Waals surface area (Å²) in [5.41, 5.74) is 4.46. The van der Waals surface area contributed by atoms with Gasteiger partial charge < -0.3 is 14.2 Å². The Morgan fingerprint density at radius 2 is 1.67 bits per heavy atom. The minimum absolute atomic E-state index is 0.546. The first-order valence-corrected chi connectivity index (χ1v) is 12.1. The van der Waals surface area contributed by atoms with Crippen LogP contribution in [0.5, 0.6) is 11.5 Å². The van der Waals surface area contributed by atoms with Crippen molar-refractivity contribution in [2.45, 2.75) is 33.1 Å². The second-order valence-electron chi connectivity index (χ2n) is 7.37. The average Bonchev–Trinajstić information content (AvgIpc) is 3.21. The van der Waals surface area contributed by atoms with Gasteiger partial charge >= 0.3 is 0 Å². The molecule has 0 aliphatic rings. The summed E-state index contributed by atoms with van der Waals surface area (Å²) in [6, 6.07) is 11.7. The second-order valence-corrected chi connectivity index (χ2v) is 7.98. The minimum Gasteiger partial charge on any atom is -0.494 e. The third-order valence-corrected chi connectivity index (χ3v) is 5.67. The quantitative estimate of drug-likeness (QED) is 0.342. The molecule has 0 saturated carbocycles. The molecular weight excluding hydrogens is 436 g/mol. The van der Waals surface area contributed by atoms with Crippen LogP contribution in [0.4, 0.5) is 5.82 Å². The molecule has 4 aromatic rings. The highest BCUT2D eigenvalue weighted by Gasteiger charge is 2.24. The van der Waals surface area contributed by atoms with Crippen LogP contribution in [0.1, 0.15) is 31.7 Å². The van der Waals surface area contributed by atoms with Gasteiger partial charge in [0, 0.05) is 11.9 Å². The third kappa shape index (κ3) is 4.32. The zero-order valence-corrected chi connectivity index (χ0v) is 20.4. The Morgan fingerprint density at radius 3 is 2.30 bits per heavy atom. The number of anilines is 1. The molecule has 0 atom stereocenters. The van der Waals surface area contributed by atoms with Crippen molar-refractivity contribution in [3.05, 3.63) is 47.8 Å². The largest absolute Gasteiger partial charge is 0.494 e. The Hall–Kier alpha value is -3.33. The molecule has 4 rings (SSSR count). The number of hydrogen-bond donors (Lipinski definition) is 1. The van der Waals surface area contributed by atoms with Crippen molar-refractivity contribution in [2.24, 2.45) is 0 Å². The molecule has 0 bridgehead atoms. The summed E-state index contributed by atoms with van der Waals surface area (Å²) in [6.07, 6.45) is 4.60. The van der Waals surface area contributed by atoms with Gasteiger partial charge in [-0.15, -0.1) is 0 Å². The van der Waals surface area contributed by atoms with Crippen LogP contribution >= 0.6 is 11.9 Å². The van der Waals surface area contributed by atoms with Crippen LogP contribution < -0.4 is 14.2 Å². The first-order valence-electron chi connectivity index (χ1n) is 10.9. The summed E-state index contributed by atoms with van der Waals surface area (Å²) in [5.74, 6) is 2.63. The molecule has 3 heterocycles. The Morgan fingerprint density at radius 1 is 0.939 bits per heavy atom. The molecule has 8 nitrogen and oxygen atoms in total. The molecule has 0 fully saturated rings. The monoisotopic (exact) mass is 464 g/mol. The summed E-state index contributed by atoms with van der Waals surface area (Å²) in [6.45, 7) is 4.20. The molecule has 0 radical (unpaired) electrons. The minimum atomic E-state index is 0.546. The van der Waals surface area contributed by atoms with Crippen LogP contribution in [0.15, 0.2) is 36.4 Å². The molecule has 0 unspecified atom stereocenters. The van der Waals surface area contributed by atoms with E-state index in [0.717, 1.165) is 36.3 Å². The summed E-state index contributed by atoms with van der Waals surface area (Å²) < 4.78 is 16.6. The number of fused-ring (bicyclic) bond motifs is 1. The summed E-state index contributed by atoms with van der Waals surface area (Å²) in [5, 5.41) is 0. The number of nitrogens with zero attached hydrogens (tertiary/aromatic N) is 5. The van der Waals surface area contributed by atoms with E-state index in [4.69, 9.17) is 29.4 Å². The number of benzene rings is 1. The van der Waals surface area contributed by atoms with Gasteiger partial charge in [-0.25, -0.2) is 19.9 Å². The van der Waals surface area contributed by atoms with E-state index in [1.165, 1.54) is 11.9 Å². The van der Waals surface area contributed by atoms with Gasteiger partial charge in [-0.3, -0.25) is 4.57 Å². The molecule has 0 amide bonds. The summed E-state index contributed by atoms with van der Waals surface area (Å²) >= 11 is 1.48. The standard InChI is InChI=1S/C24H28N6O2S/c1-6-10-15-11-8-12-17(25-15)23-28-22-24(27-21(29-33-5)16(7-2)26-22)30(23)20-18(31-3)13-9-14-19(20)32-4/h8-9,11-14H,6-7,10H2,1-5H3,(H,27,29). The van der Waals surface area contributed by atoms with Crippen LogP contribution in [0.25, 0.3) is 28.5 Å². The van der Waals surface area contributed by atoms with Crippen molar-refractivity contribution in [2.75, 3.05) is 25.2 Å². The second kappa shape index (κ2) is 10.1. The van der Waals surface area contributed by atoms with E-state index >= 15 is 0 Å². The molecule has 172 valence electrons. The molecule has 9 heteroatoms. The highest BCUT2D eigenvalue weighted by molar-refractivity contribution is 7.99. The van der Waals surface area contributed by atoms with Crippen LogP contribution in [-0.2, 0) is 12.8 Å². The van der Waals surface area contributed by atoms with Gasteiger partial charge in [-0.05, 0) is 37.1 Å². The highest BCUT2D eigenvalue weighted by atomic mass is 32.2. The van der Waals surface area contributed by atoms with E-state index in [-0.39, 0.29) is 0 Å². The smallest absolute Gasteiger partial charge is 0.198 e. The van der Waals surface area contributed by atoms with E-state index in [1.54, 1.807) is 14.2 Å². The normalized spacial score (nSPS) is 11.1. The zero-order chi connectivity index (χ0) is 23.4. The Labute approximate surface area is 197 Å². The molecular formula is C24H28N6O2S. The van der Waals surface area contributed by atoms with Crippen molar-refractivity contribution in [3.63, 3.8) is 0 Å². The molecule has 0 aliphatic heterocycles. The first kappa shape index (κ1) is 22.8. The molecule has 3 aromatic heterocycles. The van der Waals surface area contributed by atoms with E-state index in [1.807, 2.05) is 47.2 Å². The molecule has 0 aliphatic carbocycles. The van der Waals surface area contributed by atoms with E-state index < -0.39 is 0 Å². The number of aryl methyl sites for hydroxylation is 2. The van der Waals surface area contributed by atoms with Crippen molar-refractivity contribution >= 4 is 29.1 Å². The molecule has 0 saturated heterocycles. The molecule has 1 N–H and O–H groups in total. The lowest BCUT2D eigenvalue weighted by Gasteiger charge is -2.16. The van der Waals surface area contributed by atoms with E-state index in [2.05, 4.69) is 18.6 Å². The Balaban J connectivity index is 2.09. The predicted molar refractivity (Wildman–Crippen MR) is 134 cm³/mol. The van der Waals surface area contributed by atoms with Crippen LogP contribution in [0.2, 0.25) is 0 Å². The number of rotatable bonds is 9. The molecule has 33 heavy (non-hydrogen) atoms. The fourth-order valence-electron chi connectivity index (χ4n) is 3.79. The number of para-hydroxylation sites is 1. The van der Waals surface area contributed by atoms with E-state index in [0.29, 0.717) is 40.1 Å². The topological polar surface area (TPSA) is 87.0 Å². The lowest BCUT2D eigenvalue weighted by atomic mass is 10.2. The molecule has 1 aromatic carbocycles. The van der Waals surface area contributed by atoms with Gasteiger partial charge in [0.1, 0.15) is 22.9 Å². The number of imidazole rings is 1. The van der Waals surface area contributed by atoms with Gasteiger partial charge in [0.25, 0.3) is 0 Å². The number of nitrogens with one attached hydrogen (secondary N) is 1. The zero-order valence-electron chi connectivity index (χ0n) is 19.5. The number of methoxy groups -OCH3 is 2. The van der Waals surface area contributed by atoms with Gasteiger partial charge in [0.15, 0.2) is 22.9 Å². The van der Waals surface area contributed by atoms with Crippen molar-refractivity contribution < 1.29 is 9.47 Å². The maximum absolute atomic E-state index is 5.72. The fraction of sp³-hybridized carbons (Fsp3) is 0.333. The van der Waals surface area contributed by atoms with Crippen LogP contribution in [-0.4, -0.2) is 45.0 Å². The lowest BCUT2D eigenvalue weighted by Crippen LogP contribution is -2.07. The number of aromatic nitrogens is 5. The number of pyridine rings is 1. The SMILES string of the molecule is CCCc1cccc(-c2nc3nc(CC)c(NSC)nc3n2-c2c(OC)cccc2OC)n1. The first-order chi connectivity index (χ1) is 16.1. The van der Waals surface area contributed by atoms with Gasteiger partial charge in [0.05, 0.1) is 19.9 Å². The number of hydrogen-bond acceptors (Lipinski definition) is 8. The van der Waals surface area contributed by atoms with Crippen molar-refractivity contribution in [3.8, 4) is 28.7 Å². The molecule has 0 spiro atoms. The third-order valence-electron chi connectivity index (χ3n) is 5.27. The maximum Gasteiger partial charge on any atom is 0.198 e. The van der Waals surface area contributed by atoms with Gasteiger partial charge in [0.2, 0.25) is 0 Å². The van der Waals surface area contributed by atoms with Crippen molar-refractivity contribution in [1.29, 1.82) is 0 Å². The predicted octanol–water partition coefficient (Wildman–Crippen LogP) is 5.10. The number of ether oxygens (including phenoxy) is 2. The van der Waals surface area contributed by atoms with E-state index in [9.17, 15) is 0 Å². The summed E-state index contributed by atoms with van der Waals surface area (Å²) in [7, 11) is 3.28. The summed E-state index contributed by atoms with van der Waals surface area (Å²) in [4.78, 5) is 19.6.